The highest BCUT2D eigenvalue weighted by atomic mass is 79.9. The molecule has 2 aromatic heterocycles. The standard InChI is InChI=1S/C22H32BrN2/c23-22-16-10-12-19-25(22)18-11-8-6-4-2-1-3-5-7-9-14-21-15-13-17-24-20-21/h10,12-13,15-17,19-20H,1-9,11,14,18H2/q+1. The molecular formula is C22H32BrN2+. The summed E-state index contributed by atoms with van der Waals surface area (Å²) in [7, 11) is 0. The highest BCUT2D eigenvalue weighted by Gasteiger charge is 2.04. The summed E-state index contributed by atoms with van der Waals surface area (Å²) in [6, 6.07) is 10.5. The topological polar surface area (TPSA) is 16.8 Å². The number of aryl methyl sites for hydroxylation is 2. The van der Waals surface area contributed by atoms with Crippen LogP contribution in [0.1, 0.15) is 69.8 Å². The van der Waals surface area contributed by atoms with Crippen LogP contribution in [0.5, 0.6) is 0 Å². The van der Waals surface area contributed by atoms with Gasteiger partial charge in [-0.25, -0.2) is 0 Å². The summed E-state index contributed by atoms with van der Waals surface area (Å²) in [4.78, 5) is 4.17. The number of nitrogens with zero attached hydrogens (tertiary/aromatic N) is 2. The van der Waals surface area contributed by atoms with E-state index in [-0.39, 0.29) is 0 Å². The second-order valence-corrected chi connectivity index (χ2v) is 7.68. The van der Waals surface area contributed by atoms with Gasteiger partial charge in [0.1, 0.15) is 6.54 Å². The maximum absolute atomic E-state index is 4.17. The van der Waals surface area contributed by atoms with Gasteiger partial charge in [-0.15, -0.1) is 0 Å². The predicted molar refractivity (Wildman–Crippen MR) is 108 cm³/mol. The van der Waals surface area contributed by atoms with E-state index in [4.69, 9.17) is 0 Å². The third-order valence-corrected chi connectivity index (χ3v) is 5.44. The number of unbranched alkanes of at least 4 members (excludes halogenated alkanes) is 9. The average Bonchev–Trinajstić information content (AvgIpc) is 2.65. The Balaban J connectivity index is 1.35. The quantitative estimate of drug-likeness (QED) is 0.218. The molecule has 0 aromatic carbocycles. The zero-order chi connectivity index (χ0) is 17.6. The molecule has 3 heteroatoms. The lowest BCUT2D eigenvalue weighted by Crippen LogP contribution is -2.34. The minimum absolute atomic E-state index is 1.12. The number of hydrogen-bond donors (Lipinski definition) is 0. The van der Waals surface area contributed by atoms with Crippen LogP contribution in [0.2, 0.25) is 0 Å². The summed E-state index contributed by atoms with van der Waals surface area (Å²) < 4.78 is 3.46. The van der Waals surface area contributed by atoms with E-state index in [1.165, 1.54) is 80.8 Å². The molecule has 0 aliphatic rings. The van der Waals surface area contributed by atoms with Crippen molar-refractivity contribution in [1.29, 1.82) is 0 Å². The second-order valence-electron chi connectivity index (χ2n) is 6.86. The van der Waals surface area contributed by atoms with Crippen LogP contribution < -0.4 is 4.57 Å². The maximum atomic E-state index is 4.17. The number of aromatic nitrogens is 2. The Kier molecular flexibility index (Phi) is 10.5. The molecule has 0 atom stereocenters. The smallest absolute Gasteiger partial charge is 0.247 e. The number of halogens is 1. The SMILES string of the molecule is Brc1cccc[n+]1CCCCCCCCCCCCc1cccnc1. The first-order valence-corrected chi connectivity index (χ1v) is 10.7. The molecule has 2 rings (SSSR count). The molecule has 0 radical (unpaired) electrons. The molecule has 0 aliphatic heterocycles. The molecule has 2 aromatic rings. The number of pyridine rings is 2. The number of hydrogen-bond acceptors (Lipinski definition) is 1. The Morgan fingerprint density at radius 2 is 1.44 bits per heavy atom. The molecule has 0 aliphatic carbocycles. The first-order chi connectivity index (χ1) is 12.4. The Hall–Kier alpha value is -1.22. The fourth-order valence-corrected chi connectivity index (χ4v) is 3.66. The van der Waals surface area contributed by atoms with Crippen LogP contribution in [0.3, 0.4) is 0 Å². The van der Waals surface area contributed by atoms with Crippen molar-refractivity contribution in [1.82, 2.24) is 4.98 Å². The molecule has 2 heterocycles. The molecule has 0 saturated heterocycles. The van der Waals surface area contributed by atoms with Crippen molar-refractivity contribution in [2.45, 2.75) is 77.2 Å². The van der Waals surface area contributed by atoms with Crippen molar-refractivity contribution in [2.24, 2.45) is 0 Å². The summed E-state index contributed by atoms with van der Waals surface area (Å²) in [5.74, 6) is 0. The molecule has 0 saturated carbocycles. The Morgan fingerprint density at radius 1 is 0.760 bits per heavy atom. The molecule has 0 amide bonds. The van der Waals surface area contributed by atoms with Gasteiger partial charge in [0.25, 0.3) is 0 Å². The van der Waals surface area contributed by atoms with Crippen LogP contribution in [-0.2, 0) is 13.0 Å². The largest absolute Gasteiger partial charge is 0.264 e. The van der Waals surface area contributed by atoms with E-state index in [0.29, 0.717) is 0 Å². The van der Waals surface area contributed by atoms with Crippen LogP contribution in [0.25, 0.3) is 0 Å². The number of rotatable bonds is 13. The second kappa shape index (κ2) is 13.0. The first-order valence-electron chi connectivity index (χ1n) is 9.89. The van der Waals surface area contributed by atoms with Gasteiger partial charge in [0, 0.05) is 46.9 Å². The lowest BCUT2D eigenvalue weighted by molar-refractivity contribution is -0.708. The van der Waals surface area contributed by atoms with E-state index < -0.39 is 0 Å². The third-order valence-electron chi connectivity index (χ3n) is 4.72. The summed E-state index contributed by atoms with van der Waals surface area (Å²) in [5, 5.41) is 0. The fourth-order valence-electron chi connectivity index (χ4n) is 3.21. The fraction of sp³-hybridized carbons (Fsp3) is 0.545. The van der Waals surface area contributed by atoms with E-state index in [1.54, 1.807) is 0 Å². The van der Waals surface area contributed by atoms with Crippen LogP contribution in [0.15, 0.2) is 53.5 Å². The average molecular weight is 404 g/mol. The van der Waals surface area contributed by atoms with Gasteiger partial charge in [-0.2, -0.15) is 4.57 Å². The summed E-state index contributed by atoms with van der Waals surface area (Å²) in [5.41, 5.74) is 1.38. The lowest BCUT2D eigenvalue weighted by atomic mass is 10.0. The van der Waals surface area contributed by atoms with Crippen LogP contribution in [0.4, 0.5) is 0 Å². The highest BCUT2D eigenvalue weighted by molar-refractivity contribution is 9.10. The van der Waals surface area contributed by atoms with E-state index in [2.05, 4.69) is 55.9 Å². The molecule has 2 nitrogen and oxygen atoms in total. The van der Waals surface area contributed by atoms with Crippen molar-refractivity contribution in [3.8, 4) is 0 Å². The van der Waals surface area contributed by atoms with E-state index in [0.717, 1.165) is 6.54 Å². The first kappa shape index (κ1) is 20.1. The zero-order valence-corrected chi connectivity index (χ0v) is 17.0. The van der Waals surface area contributed by atoms with E-state index in [9.17, 15) is 0 Å². The monoisotopic (exact) mass is 403 g/mol. The predicted octanol–water partition coefficient (Wildman–Crippen LogP) is 6.28. The molecule has 0 unspecified atom stereocenters. The molecule has 0 bridgehead atoms. The zero-order valence-electron chi connectivity index (χ0n) is 15.4. The summed E-state index contributed by atoms with van der Waals surface area (Å²) >= 11 is 3.60. The maximum Gasteiger partial charge on any atom is 0.247 e. The van der Waals surface area contributed by atoms with Crippen LogP contribution in [0, 0.1) is 0 Å². The lowest BCUT2D eigenvalue weighted by Gasteiger charge is -2.03. The molecule has 0 fully saturated rings. The molecule has 136 valence electrons. The molecular weight excluding hydrogens is 372 g/mol. The van der Waals surface area contributed by atoms with Crippen molar-refractivity contribution in [3.05, 3.63) is 59.1 Å². The van der Waals surface area contributed by atoms with Gasteiger partial charge < -0.3 is 0 Å². The molecule has 0 spiro atoms. The minimum atomic E-state index is 1.12. The summed E-state index contributed by atoms with van der Waals surface area (Å²) in [6.45, 7) is 1.12. The highest BCUT2D eigenvalue weighted by Crippen LogP contribution is 2.12. The Labute approximate surface area is 161 Å². The van der Waals surface area contributed by atoms with Crippen molar-refractivity contribution in [3.63, 3.8) is 0 Å². The summed E-state index contributed by atoms with van der Waals surface area (Å²) in [6.07, 6.45) is 20.9. The van der Waals surface area contributed by atoms with Gasteiger partial charge in [0.2, 0.25) is 4.60 Å². The Bertz CT molecular complexity index is 571. The molecule has 25 heavy (non-hydrogen) atoms. The minimum Gasteiger partial charge on any atom is -0.264 e. The van der Waals surface area contributed by atoms with Crippen molar-refractivity contribution in [2.75, 3.05) is 0 Å². The van der Waals surface area contributed by atoms with Gasteiger partial charge in [-0.05, 0) is 37.0 Å². The third kappa shape index (κ3) is 9.15. The van der Waals surface area contributed by atoms with Gasteiger partial charge in [0.05, 0.1) is 0 Å². The van der Waals surface area contributed by atoms with E-state index >= 15 is 0 Å². The van der Waals surface area contributed by atoms with Gasteiger partial charge in [-0.3, -0.25) is 4.98 Å². The van der Waals surface area contributed by atoms with Crippen molar-refractivity contribution < 1.29 is 4.57 Å². The van der Waals surface area contributed by atoms with Crippen LogP contribution in [-0.4, -0.2) is 4.98 Å². The van der Waals surface area contributed by atoms with Crippen molar-refractivity contribution >= 4 is 15.9 Å². The van der Waals surface area contributed by atoms with Crippen LogP contribution >= 0.6 is 15.9 Å². The van der Waals surface area contributed by atoms with Gasteiger partial charge >= 0.3 is 0 Å². The normalized spacial score (nSPS) is 10.9. The Morgan fingerprint density at radius 3 is 2.08 bits per heavy atom. The molecule has 0 N–H and O–H groups in total. The van der Waals surface area contributed by atoms with Gasteiger partial charge in [-0.1, -0.05) is 51.0 Å². The van der Waals surface area contributed by atoms with Gasteiger partial charge in [0.15, 0.2) is 6.20 Å². The van der Waals surface area contributed by atoms with E-state index in [1.807, 2.05) is 18.5 Å².